The average Bonchev–Trinajstić information content (AvgIpc) is 2.39. The van der Waals surface area contributed by atoms with Gasteiger partial charge in [0.25, 0.3) is 0 Å². The third-order valence-corrected chi connectivity index (χ3v) is 2.60. The van der Waals surface area contributed by atoms with Gasteiger partial charge >= 0.3 is 0 Å². The Morgan fingerprint density at radius 2 is 1.94 bits per heavy atom. The second-order valence-electron chi connectivity index (χ2n) is 4.17. The summed E-state index contributed by atoms with van der Waals surface area (Å²) in [5.41, 5.74) is 2.07. The van der Waals surface area contributed by atoms with E-state index in [0.29, 0.717) is 11.3 Å². The summed E-state index contributed by atoms with van der Waals surface area (Å²) in [6.45, 7) is 4.11. The first-order valence-corrected chi connectivity index (χ1v) is 5.60. The monoisotopic (exact) mass is 226 g/mol. The lowest BCUT2D eigenvalue weighted by atomic mass is 9.97. The molecule has 0 aliphatic rings. The zero-order valence-electron chi connectivity index (χ0n) is 9.92. The van der Waals surface area contributed by atoms with E-state index in [1.807, 2.05) is 12.1 Å². The quantitative estimate of drug-likeness (QED) is 0.756. The third kappa shape index (κ3) is 2.38. The number of nitrogens with zero attached hydrogens (tertiary/aromatic N) is 2. The van der Waals surface area contributed by atoms with Crippen LogP contribution in [0.1, 0.15) is 41.4 Å². The number of pyridine rings is 2. The van der Waals surface area contributed by atoms with Crippen molar-refractivity contribution in [3.05, 3.63) is 59.7 Å². The number of carbonyl (C=O) groups excluding carboxylic acids is 1. The van der Waals surface area contributed by atoms with Gasteiger partial charge in [-0.15, -0.1) is 0 Å². The van der Waals surface area contributed by atoms with Crippen LogP contribution in [-0.4, -0.2) is 15.8 Å². The molecule has 0 amide bonds. The van der Waals surface area contributed by atoms with Crippen LogP contribution in [-0.2, 0) is 0 Å². The van der Waals surface area contributed by atoms with E-state index >= 15 is 0 Å². The van der Waals surface area contributed by atoms with Gasteiger partial charge in [-0.3, -0.25) is 14.8 Å². The lowest BCUT2D eigenvalue weighted by Crippen LogP contribution is -2.09. The van der Waals surface area contributed by atoms with E-state index < -0.39 is 0 Å². The maximum atomic E-state index is 12.3. The minimum absolute atomic E-state index is 0.0672. The van der Waals surface area contributed by atoms with Crippen LogP contribution in [0.25, 0.3) is 0 Å². The summed E-state index contributed by atoms with van der Waals surface area (Å²) in [4.78, 5) is 20.4. The molecule has 0 saturated carbocycles. The first kappa shape index (κ1) is 11.5. The van der Waals surface area contributed by atoms with Gasteiger partial charge < -0.3 is 0 Å². The van der Waals surface area contributed by atoms with E-state index in [-0.39, 0.29) is 11.7 Å². The molecule has 0 aliphatic heterocycles. The number of rotatable bonds is 3. The fourth-order valence-electron chi connectivity index (χ4n) is 1.71. The van der Waals surface area contributed by atoms with E-state index in [1.165, 1.54) is 0 Å². The summed E-state index contributed by atoms with van der Waals surface area (Å²) < 4.78 is 0. The lowest BCUT2D eigenvalue weighted by Gasteiger charge is -2.10. The van der Waals surface area contributed by atoms with Gasteiger partial charge in [0.1, 0.15) is 5.69 Å². The predicted octanol–water partition coefficient (Wildman–Crippen LogP) is 2.83. The van der Waals surface area contributed by atoms with Crippen LogP contribution in [0.5, 0.6) is 0 Å². The Labute approximate surface area is 101 Å². The molecule has 0 bridgehead atoms. The highest BCUT2D eigenvalue weighted by molar-refractivity contribution is 6.08. The molecular weight excluding hydrogens is 212 g/mol. The second-order valence-corrected chi connectivity index (χ2v) is 4.17. The largest absolute Gasteiger partial charge is 0.287 e. The van der Waals surface area contributed by atoms with Crippen LogP contribution in [0.4, 0.5) is 0 Å². The molecule has 2 rings (SSSR count). The van der Waals surface area contributed by atoms with Crippen molar-refractivity contribution < 1.29 is 4.79 Å². The van der Waals surface area contributed by atoms with Gasteiger partial charge in [-0.25, -0.2) is 0 Å². The molecule has 0 atom stereocenters. The van der Waals surface area contributed by atoms with Crippen molar-refractivity contribution >= 4 is 5.78 Å². The van der Waals surface area contributed by atoms with Gasteiger partial charge in [0.05, 0.1) is 0 Å². The van der Waals surface area contributed by atoms with Gasteiger partial charge in [0, 0.05) is 24.2 Å². The molecule has 3 heteroatoms. The lowest BCUT2D eigenvalue weighted by molar-refractivity contribution is 0.103. The molecule has 3 nitrogen and oxygen atoms in total. The Hall–Kier alpha value is -2.03. The van der Waals surface area contributed by atoms with Crippen LogP contribution in [0.2, 0.25) is 0 Å². The fourth-order valence-corrected chi connectivity index (χ4v) is 1.71. The summed E-state index contributed by atoms with van der Waals surface area (Å²) in [6.07, 6.45) is 4.87. The maximum absolute atomic E-state index is 12.3. The third-order valence-electron chi connectivity index (χ3n) is 2.60. The van der Waals surface area contributed by atoms with Crippen molar-refractivity contribution in [3.63, 3.8) is 0 Å². The molecule has 0 N–H and O–H groups in total. The van der Waals surface area contributed by atoms with E-state index in [4.69, 9.17) is 0 Å². The summed E-state index contributed by atoms with van der Waals surface area (Å²) in [7, 11) is 0. The summed E-state index contributed by atoms with van der Waals surface area (Å²) in [5, 5.41) is 0. The predicted molar refractivity (Wildman–Crippen MR) is 66.0 cm³/mol. The van der Waals surface area contributed by atoms with Crippen LogP contribution in [0.15, 0.2) is 42.9 Å². The molecule has 0 spiro atoms. The highest BCUT2D eigenvalue weighted by Gasteiger charge is 2.16. The molecule has 0 aromatic carbocycles. The number of aromatic nitrogens is 2. The molecule has 0 fully saturated rings. The Kier molecular flexibility index (Phi) is 3.28. The normalized spacial score (nSPS) is 10.5. The van der Waals surface area contributed by atoms with Crippen molar-refractivity contribution in [2.75, 3.05) is 0 Å². The Balaban J connectivity index is 2.45. The Morgan fingerprint density at radius 1 is 1.18 bits per heavy atom. The minimum atomic E-state index is -0.0672. The van der Waals surface area contributed by atoms with Crippen molar-refractivity contribution in [1.82, 2.24) is 9.97 Å². The maximum Gasteiger partial charge on any atom is 0.213 e. The Morgan fingerprint density at radius 3 is 2.59 bits per heavy atom. The van der Waals surface area contributed by atoms with Gasteiger partial charge in [0.2, 0.25) is 5.78 Å². The summed E-state index contributed by atoms with van der Waals surface area (Å²) in [6, 6.07) is 7.32. The first-order valence-electron chi connectivity index (χ1n) is 5.60. The highest BCUT2D eigenvalue weighted by atomic mass is 16.1. The van der Waals surface area contributed by atoms with Crippen molar-refractivity contribution in [2.24, 2.45) is 0 Å². The van der Waals surface area contributed by atoms with E-state index in [2.05, 4.69) is 23.8 Å². The fraction of sp³-hybridized carbons (Fsp3) is 0.214. The molecular formula is C14H14N2O. The van der Waals surface area contributed by atoms with E-state index in [9.17, 15) is 4.79 Å². The Bertz CT molecular complexity index is 521. The molecule has 0 unspecified atom stereocenters. The van der Waals surface area contributed by atoms with Gasteiger partial charge in [-0.2, -0.15) is 0 Å². The molecule has 17 heavy (non-hydrogen) atoms. The minimum Gasteiger partial charge on any atom is -0.287 e. The van der Waals surface area contributed by atoms with Crippen LogP contribution < -0.4 is 0 Å². The first-order chi connectivity index (χ1) is 8.20. The number of hydrogen-bond donors (Lipinski definition) is 0. The van der Waals surface area contributed by atoms with E-state index in [0.717, 1.165) is 5.56 Å². The zero-order chi connectivity index (χ0) is 12.3. The SMILES string of the molecule is CC(C)c1cccnc1C(=O)c1cccnc1. The van der Waals surface area contributed by atoms with Crippen molar-refractivity contribution in [2.45, 2.75) is 19.8 Å². The smallest absolute Gasteiger partial charge is 0.213 e. The summed E-state index contributed by atoms with van der Waals surface area (Å²) in [5.74, 6) is 0.210. The van der Waals surface area contributed by atoms with Gasteiger partial charge in [0.15, 0.2) is 0 Å². The molecule has 86 valence electrons. The van der Waals surface area contributed by atoms with Crippen molar-refractivity contribution in [1.29, 1.82) is 0 Å². The molecule has 0 aliphatic carbocycles. The van der Waals surface area contributed by atoms with Crippen LogP contribution in [0, 0.1) is 0 Å². The van der Waals surface area contributed by atoms with Crippen molar-refractivity contribution in [3.8, 4) is 0 Å². The average molecular weight is 226 g/mol. The number of hydrogen-bond acceptors (Lipinski definition) is 3. The number of ketones is 1. The van der Waals surface area contributed by atoms with E-state index in [1.54, 1.807) is 30.7 Å². The van der Waals surface area contributed by atoms with Crippen LogP contribution in [0.3, 0.4) is 0 Å². The summed E-state index contributed by atoms with van der Waals surface area (Å²) >= 11 is 0. The topological polar surface area (TPSA) is 42.9 Å². The molecule has 2 aromatic rings. The molecule has 0 radical (unpaired) electrons. The van der Waals surface area contributed by atoms with Gasteiger partial charge in [-0.1, -0.05) is 19.9 Å². The highest BCUT2D eigenvalue weighted by Crippen LogP contribution is 2.19. The van der Waals surface area contributed by atoms with Crippen LogP contribution >= 0.6 is 0 Å². The second kappa shape index (κ2) is 4.87. The number of carbonyl (C=O) groups is 1. The molecule has 2 heterocycles. The zero-order valence-corrected chi connectivity index (χ0v) is 9.92. The molecule has 0 saturated heterocycles. The standard InChI is InChI=1S/C14H14N2O/c1-10(2)12-6-4-8-16-13(12)14(17)11-5-3-7-15-9-11/h3-10H,1-2H3. The molecule has 2 aromatic heterocycles. The van der Waals surface area contributed by atoms with Gasteiger partial charge in [-0.05, 0) is 29.7 Å².